The molecule has 3 N–H and O–H groups in total. The van der Waals surface area contributed by atoms with Gasteiger partial charge >= 0.3 is 57.4 Å². The molecule has 0 saturated heterocycles. The number of allylic oxidation sites excluding steroid dienone is 2. The monoisotopic (exact) mass is 430 g/mol. The molecule has 2 rings (SSSR count). The van der Waals surface area contributed by atoms with Crippen LogP contribution in [-0.2, 0) is 11.4 Å². The van der Waals surface area contributed by atoms with Crippen molar-refractivity contribution in [3.63, 3.8) is 0 Å². The van der Waals surface area contributed by atoms with Crippen LogP contribution in [0.15, 0.2) is 71.5 Å². The maximum absolute atomic E-state index is 12.9. The summed E-state index contributed by atoms with van der Waals surface area (Å²) in [6.07, 6.45) is 2.66. The molecule has 0 heterocycles. The van der Waals surface area contributed by atoms with Gasteiger partial charge in [0.25, 0.3) is 0 Å². The van der Waals surface area contributed by atoms with Crippen molar-refractivity contribution in [3.05, 3.63) is 94.0 Å². The van der Waals surface area contributed by atoms with Gasteiger partial charge in [0.1, 0.15) is 11.6 Å². The molecule has 2 aromatic carbocycles. The number of rotatable bonds is 9. The van der Waals surface area contributed by atoms with Crippen LogP contribution < -0.4 is 61.9 Å². The van der Waals surface area contributed by atoms with Crippen LogP contribution in [0.1, 0.15) is 15.9 Å². The Morgan fingerprint density at radius 3 is 2.39 bits per heavy atom. The third-order valence-corrected chi connectivity index (χ3v) is 3.51. The van der Waals surface area contributed by atoms with Gasteiger partial charge in [0.15, 0.2) is 0 Å². The minimum atomic E-state index is -1.00. The fourth-order valence-electron chi connectivity index (χ4n) is 1.92. The first-order valence-corrected chi connectivity index (χ1v) is 8.17. The van der Waals surface area contributed by atoms with Crippen molar-refractivity contribution in [1.29, 1.82) is 0 Å². The van der Waals surface area contributed by atoms with Gasteiger partial charge in [-0.25, -0.2) is 9.18 Å². The van der Waals surface area contributed by atoms with Crippen molar-refractivity contribution in [3.8, 4) is 5.75 Å². The third kappa shape index (κ3) is 8.74. The van der Waals surface area contributed by atoms with Crippen molar-refractivity contribution in [2.45, 2.75) is 6.61 Å². The zero-order valence-corrected chi connectivity index (χ0v) is 19.0. The predicted molar refractivity (Wildman–Crippen MR) is 99.7 cm³/mol. The summed E-state index contributed by atoms with van der Waals surface area (Å²) in [6, 6.07) is 11.7. The number of carboxylic acid groups (broad SMARTS) is 1. The number of hydrogen-bond donors (Lipinski definition) is 2. The van der Waals surface area contributed by atoms with E-state index in [0.717, 1.165) is 5.56 Å². The van der Waals surface area contributed by atoms with Crippen molar-refractivity contribution in [1.82, 2.24) is 0 Å². The normalized spacial score (nSPS) is 11.5. The number of carbonyl (C=O) groups is 1. The number of benzene rings is 2. The largest absolute Gasteiger partial charge is 1.00 e. The second-order valence-corrected chi connectivity index (χ2v) is 5.73. The van der Waals surface area contributed by atoms with Gasteiger partial charge in [-0.3, -0.25) is 0 Å². The SMILES string of the molecule is N/C=C(Cl)\C=C(/COc1ccc(F)cc1)[N-]OCc1ccc(C(=O)O)cc1.[K+]. The van der Waals surface area contributed by atoms with Crippen molar-refractivity contribution in [2.24, 2.45) is 5.73 Å². The molecule has 0 spiro atoms. The number of ether oxygens (including phenoxy) is 1. The molecule has 0 aliphatic carbocycles. The molecule has 0 fully saturated rings. The molecular weight excluding hydrogens is 414 g/mol. The summed E-state index contributed by atoms with van der Waals surface area (Å²) < 4.78 is 18.4. The van der Waals surface area contributed by atoms with E-state index in [4.69, 9.17) is 32.0 Å². The van der Waals surface area contributed by atoms with Crippen LogP contribution in [0, 0.1) is 5.82 Å². The summed E-state index contributed by atoms with van der Waals surface area (Å²) in [6.45, 7) is 0.144. The van der Waals surface area contributed by atoms with Gasteiger partial charge in [-0.2, -0.15) is 0 Å². The average Bonchev–Trinajstić information content (AvgIpc) is 2.67. The van der Waals surface area contributed by atoms with Crippen LogP contribution in [0.25, 0.3) is 5.48 Å². The Labute approximate surface area is 209 Å². The Kier molecular flexibility index (Phi) is 11.4. The van der Waals surface area contributed by atoms with Gasteiger partial charge in [-0.05, 0) is 42.0 Å². The molecule has 0 unspecified atom stereocenters. The van der Waals surface area contributed by atoms with E-state index in [-0.39, 0.29) is 81.0 Å². The van der Waals surface area contributed by atoms with Gasteiger partial charge in [-0.15, -0.1) is 5.70 Å². The van der Waals surface area contributed by atoms with E-state index >= 15 is 0 Å². The molecule has 0 amide bonds. The maximum atomic E-state index is 12.9. The number of nitrogens with zero attached hydrogens (tertiary/aromatic N) is 1. The molecule has 0 aliphatic heterocycles. The van der Waals surface area contributed by atoms with Crippen molar-refractivity contribution in [2.75, 3.05) is 6.61 Å². The quantitative estimate of drug-likeness (QED) is 0.355. The Hall–Kier alpha value is -1.39. The van der Waals surface area contributed by atoms with Crippen molar-refractivity contribution < 1.29 is 75.3 Å². The Bertz CT molecular complexity index is 827. The van der Waals surface area contributed by atoms with E-state index in [1.807, 2.05) is 0 Å². The number of nitrogens with two attached hydrogens (primary N) is 1. The van der Waals surface area contributed by atoms with E-state index in [1.165, 1.54) is 48.7 Å². The summed E-state index contributed by atoms with van der Waals surface area (Å²) in [5.74, 6) is -0.915. The smallest absolute Gasteiger partial charge is 0.562 e. The number of halogens is 2. The molecule has 0 saturated carbocycles. The topological polar surface area (TPSA) is 95.9 Å². The van der Waals surface area contributed by atoms with Gasteiger partial charge < -0.3 is 25.9 Å². The summed E-state index contributed by atoms with van der Waals surface area (Å²) in [5.41, 5.74) is 10.6. The first-order valence-electron chi connectivity index (χ1n) is 7.79. The Morgan fingerprint density at radius 1 is 1.18 bits per heavy atom. The van der Waals surface area contributed by atoms with Gasteiger partial charge in [0, 0.05) is 6.20 Å². The molecule has 2 aromatic rings. The molecule has 0 atom stereocenters. The van der Waals surface area contributed by atoms with E-state index in [9.17, 15) is 9.18 Å². The van der Waals surface area contributed by atoms with Gasteiger partial charge in [0.2, 0.25) is 0 Å². The standard InChI is InChI=1S/C19H17ClFN2O4.K/c20-15(10-22)9-17(12-26-18-7-5-16(21)6-8-18)23-27-11-13-1-3-14(4-2-13)19(24)25;/h1-10H,11-12,22H2,(H,24,25);/q-1;+1/b15-10+,17-9+;. The number of hydroxylamine groups is 1. The van der Waals surface area contributed by atoms with Gasteiger partial charge in [0.05, 0.1) is 23.8 Å². The predicted octanol–water partition coefficient (Wildman–Crippen LogP) is 1.33. The van der Waals surface area contributed by atoms with Crippen LogP contribution in [0.2, 0.25) is 0 Å². The minimum Gasteiger partial charge on any atom is -0.562 e. The summed E-state index contributed by atoms with van der Waals surface area (Å²) in [5, 5.41) is 9.12. The Balaban J connectivity index is 0.00000392. The van der Waals surface area contributed by atoms with Crippen LogP contribution in [0.3, 0.4) is 0 Å². The zero-order valence-electron chi connectivity index (χ0n) is 15.1. The first kappa shape index (κ1) is 24.6. The van der Waals surface area contributed by atoms with Crippen molar-refractivity contribution >= 4 is 17.6 Å². The number of carboxylic acids is 1. The van der Waals surface area contributed by atoms with Crippen LogP contribution in [0.5, 0.6) is 5.75 Å². The molecule has 0 aromatic heterocycles. The van der Waals surface area contributed by atoms with E-state index < -0.39 is 5.97 Å². The molecular formula is C19H17ClFKN2O4. The second-order valence-electron chi connectivity index (χ2n) is 5.30. The number of hydrogen-bond acceptors (Lipinski definition) is 4. The fourth-order valence-corrected chi connectivity index (χ4v) is 2.05. The molecule has 0 aliphatic rings. The first-order chi connectivity index (χ1) is 13.0. The summed E-state index contributed by atoms with van der Waals surface area (Å²) in [4.78, 5) is 16.1. The van der Waals surface area contributed by atoms with Crippen LogP contribution in [-0.4, -0.2) is 17.7 Å². The fraction of sp³-hybridized carbons (Fsp3) is 0.105. The molecule has 0 radical (unpaired) electrons. The van der Waals surface area contributed by atoms with E-state index in [0.29, 0.717) is 11.4 Å². The number of aromatic carboxylic acids is 1. The average molecular weight is 431 g/mol. The van der Waals surface area contributed by atoms with Gasteiger partial charge in [-0.1, -0.05) is 29.8 Å². The maximum Gasteiger partial charge on any atom is 1.00 e. The molecule has 142 valence electrons. The van der Waals surface area contributed by atoms with E-state index in [2.05, 4.69) is 5.48 Å². The zero-order chi connectivity index (χ0) is 19.6. The third-order valence-electron chi connectivity index (χ3n) is 3.28. The molecule has 6 nitrogen and oxygen atoms in total. The molecule has 28 heavy (non-hydrogen) atoms. The summed E-state index contributed by atoms with van der Waals surface area (Å²) >= 11 is 5.89. The van der Waals surface area contributed by atoms with E-state index in [1.54, 1.807) is 12.1 Å². The molecule has 0 bridgehead atoms. The summed E-state index contributed by atoms with van der Waals surface area (Å²) in [7, 11) is 0. The van der Waals surface area contributed by atoms with Crippen LogP contribution >= 0.6 is 11.6 Å². The minimum absolute atomic E-state index is 0. The van der Waals surface area contributed by atoms with Crippen LogP contribution in [0.4, 0.5) is 4.39 Å². The Morgan fingerprint density at radius 2 is 1.82 bits per heavy atom. The second kappa shape index (κ2) is 12.9. The molecule has 9 heteroatoms.